The smallest absolute Gasteiger partial charge is 0.219 e. The van der Waals surface area contributed by atoms with Crippen molar-refractivity contribution in [1.29, 1.82) is 0 Å². The first-order valence-electron chi connectivity index (χ1n) is 4.78. The Morgan fingerprint density at radius 1 is 1.44 bits per heavy atom. The molecule has 0 aliphatic heterocycles. The molecule has 0 radical (unpaired) electrons. The van der Waals surface area contributed by atoms with Gasteiger partial charge in [-0.1, -0.05) is 11.3 Å². The minimum atomic E-state index is -0.530. The van der Waals surface area contributed by atoms with Crippen LogP contribution in [0.4, 0.5) is 4.39 Å². The van der Waals surface area contributed by atoms with Gasteiger partial charge in [-0.15, -0.1) is 0 Å². The van der Waals surface area contributed by atoms with Crippen LogP contribution in [0.2, 0.25) is 0 Å². The molecule has 1 N–H and O–H groups in total. The molecule has 2 heterocycles. The number of nitrogens with one attached hydrogen (secondary N) is 1. The summed E-state index contributed by atoms with van der Waals surface area (Å²) >= 11 is 1.22. The van der Waals surface area contributed by atoms with E-state index in [1.165, 1.54) is 11.3 Å². The lowest BCUT2D eigenvalue weighted by Gasteiger charge is -1.97. The van der Waals surface area contributed by atoms with E-state index in [4.69, 9.17) is 4.74 Å². The Labute approximate surface area is 95.9 Å². The topological polar surface area (TPSA) is 42.1 Å². The molecule has 0 aromatic carbocycles. The fourth-order valence-electron chi connectivity index (χ4n) is 1.26. The summed E-state index contributed by atoms with van der Waals surface area (Å²) in [5.74, 6) is -0.0786. The monoisotopic (exact) mass is 239 g/mol. The highest BCUT2D eigenvalue weighted by Crippen LogP contribution is 2.26. The summed E-state index contributed by atoms with van der Waals surface area (Å²) in [5, 5.41) is 0.563. The van der Waals surface area contributed by atoms with Crippen molar-refractivity contribution in [3.8, 4) is 5.06 Å². The normalized spacial score (nSPS) is 10.3. The zero-order chi connectivity index (χ0) is 11.4. The van der Waals surface area contributed by atoms with E-state index in [2.05, 4.69) is 4.98 Å². The van der Waals surface area contributed by atoms with Gasteiger partial charge in [-0.2, -0.15) is 0 Å². The number of ketones is 1. The summed E-state index contributed by atoms with van der Waals surface area (Å²) < 4.78 is 17.0. The predicted molar refractivity (Wildman–Crippen MR) is 60.0 cm³/mol. The van der Waals surface area contributed by atoms with Crippen LogP contribution in [-0.2, 0) is 0 Å². The van der Waals surface area contributed by atoms with E-state index < -0.39 is 6.67 Å². The van der Waals surface area contributed by atoms with Crippen LogP contribution in [-0.4, -0.2) is 24.0 Å². The van der Waals surface area contributed by atoms with Gasteiger partial charge in [0.2, 0.25) is 5.78 Å². The maximum atomic E-state index is 11.9. The molecule has 2 aromatic rings. The number of hydrogen-bond donors (Lipinski definition) is 1. The highest BCUT2D eigenvalue weighted by molar-refractivity contribution is 7.16. The van der Waals surface area contributed by atoms with Crippen molar-refractivity contribution in [2.45, 2.75) is 0 Å². The molecule has 0 aliphatic rings. The Hall–Kier alpha value is -1.62. The SMILES string of the molecule is O=C(c1ccc[nH]1)c1ccc(OCCF)s1. The molecule has 2 rings (SSSR count). The van der Waals surface area contributed by atoms with Gasteiger partial charge < -0.3 is 9.72 Å². The van der Waals surface area contributed by atoms with Crippen LogP contribution < -0.4 is 4.74 Å². The van der Waals surface area contributed by atoms with Crippen molar-refractivity contribution in [2.24, 2.45) is 0 Å². The van der Waals surface area contributed by atoms with Gasteiger partial charge in [0, 0.05) is 6.20 Å². The maximum absolute atomic E-state index is 11.9. The number of alkyl halides is 1. The standard InChI is InChI=1S/C11H10FNO2S/c12-5-7-15-10-4-3-9(16-10)11(14)8-2-1-6-13-8/h1-4,6,13H,5,7H2. The zero-order valence-corrected chi connectivity index (χ0v) is 9.22. The Bertz CT molecular complexity index is 464. The average molecular weight is 239 g/mol. The highest BCUT2D eigenvalue weighted by Gasteiger charge is 2.12. The van der Waals surface area contributed by atoms with Crippen LogP contribution in [0.25, 0.3) is 0 Å². The summed E-state index contributed by atoms with van der Waals surface area (Å²) in [5.41, 5.74) is 0.541. The molecule has 3 nitrogen and oxygen atoms in total. The molecule has 0 bridgehead atoms. The van der Waals surface area contributed by atoms with E-state index in [1.54, 1.807) is 30.5 Å². The second-order valence-corrected chi connectivity index (χ2v) is 4.12. The number of carbonyl (C=O) groups excluding carboxylic acids is 1. The van der Waals surface area contributed by atoms with E-state index in [9.17, 15) is 9.18 Å². The van der Waals surface area contributed by atoms with Crippen molar-refractivity contribution in [2.75, 3.05) is 13.3 Å². The van der Waals surface area contributed by atoms with Crippen molar-refractivity contribution >= 4 is 17.1 Å². The zero-order valence-electron chi connectivity index (χ0n) is 8.40. The highest BCUT2D eigenvalue weighted by atomic mass is 32.1. The number of thiophene rings is 1. The fourth-order valence-corrected chi connectivity index (χ4v) is 2.10. The molecule has 0 unspecified atom stereocenters. The van der Waals surface area contributed by atoms with Crippen LogP contribution in [0.1, 0.15) is 15.4 Å². The number of H-pyrrole nitrogens is 1. The molecule has 0 fully saturated rings. The lowest BCUT2D eigenvalue weighted by Crippen LogP contribution is -1.98. The number of ether oxygens (including phenoxy) is 1. The number of hydrogen-bond acceptors (Lipinski definition) is 3. The first kappa shape index (κ1) is 10.9. The molecule has 0 saturated carbocycles. The first-order chi connectivity index (χ1) is 7.81. The second kappa shape index (κ2) is 4.94. The molecule has 84 valence electrons. The lowest BCUT2D eigenvalue weighted by atomic mass is 10.2. The minimum absolute atomic E-state index is 0.0245. The third-order valence-electron chi connectivity index (χ3n) is 1.97. The van der Waals surface area contributed by atoms with Gasteiger partial charge in [-0.3, -0.25) is 4.79 Å². The third kappa shape index (κ3) is 2.30. The summed E-state index contributed by atoms with van der Waals surface area (Å²) in [4.78, 5) is 15.3. The van der Waals surface area contributed by atoms with Crippen LogP contribution in [0.15, 0.2) is 30.5 Å². The van der Waals surface area contributed by atoms with Crippen molar-refractivity contribution in [3.63, 3.8) is 0 Å². The molecule has 0 spiro atoms. The number of carbonyl (C=O) groups is 1. The van der Waals surface area contributed by atoms with E-state index in [0.29, 0.717) is 15.6 Å². The quantitative estimate of drug-likeness (QED) is 0.815. The van der Waals surface area contributed by atoms with Gasteiger partial charge in [-0.25, -0.2) is 4.39 Å². The van der Waals surface area contributed by atoms with Gasteiger partial charge >= 0.3 is 0 Å². The molecular weight excluding hydrogens is 229 g/mol. The number of rotatable bonds is 5. The van der Waals surface area contributed by atoms with E-state index in [-0.39, 0.29) is 12.4 Å². The lowest BCUT2D eigenvalue weighted by molar-refractivity contribution is 0.103. The summed E-state index contributed by atoms with van der Waals surface area (Å²) in [6.45, 7) is -0.506. The molecule has 0 atom stereocenters. The second-order valence-electron chi connectivity index (χ2n) is 3.07. The van der Waals surface area contributed by atoms with Crippen LogP contribution in [0.3, 0.4) is 0 Å². The van der Waals surface area contributed by atoms with Crippen molar-refractivity contribution in [1.82, 2.24) is 4.98 Å². The molecule has 16 heavy (non-hydrogen) atoms. The summed E-state index contributed by atoms with van der Waals surface area (Å²) in [6, 6.07) is 6.84. The summed E-state index contributed by atoms with van der Waals surface area (Å²) in [7, 11) is 0. The molecule has 0 amide bonds. The third-order valence-corrected chi connectivity index (χ3v) is 2.97. The van der Waals surface area contributed by atoms with Gasteiger partial charge in [0.15, 0.2) is 5.06 Å². The number of halogens is 1. The molecule has 2 aromatic heterocycles. The molecule has 0 aliphatic carbocycles. The average Bonchev–Trinajstić information content (AvgIpc) is 2.96. The van der Waals surface area contributed by atoms with Crippen LogP contribution >= 0.6 is 11.3 Å². The Morgan fingerprint density at radius 3 is 3.00 bits per heavy atom. The van der Waals surface area contributed by atoms with Crippen molar-refractivity contribution in [3.05, 3.63) is 41.0 Å². The van der Waals surface area contributed by atoms with Crippen LogP contribution in [0, 0.1) is 0 Å². The van der Waals surface area contributed by atoms with E-state index >= 15 is 0 Å². The Balaban J connectivity index is 2.10. The van der Waals surface area contributed by atoms with E-state index in [0.717, 1.165) is 0 Å². The maximum Gasteiger partial charge on any atom is 0.219 e. The number of aromatic nitrogens is 1. The Kier molecular flexibility index (Phi) is 3.36. The number of aromatic amines is 1. The Morgan fingerprint density at radius 2 is 2.31 bits per heavy atom. The van der Waals surface area contributed by atoms with E-state index in [1.807, 2.05) is 0 Å². The van der Waals surface area contributed by atoms with Gasteiger partial charge in [0.25, 0.3) is 0 Å². The largest absolute Gasteiger partial charge is 0.481 e. The van der Waals surface area contributed by atoms with Gasteiger partial charge in [0.05, 0.1) is 10.6 Å². The van der Waals surface area contributed by atoms with Gasteiger partial charge in [0.1, 0.15) is 13.3 Å². The molecule has 5 heteroatoms. The van der Waals surface area contributed by atoms with Gasteiger partial charge in [-0.05, 0) is 24.3 Å². The molecular formula is C11H10FNO2S. The van der Waals surface area contributed by atoms with Crippen LogP contribution in [0.5, 0.6) is 5.06 Å². The summed E-state index contributed by atoms with van der Waals surface area (Å²) in [6.07, 6.45) is 1.70. The van der Waals surface area contributed by atoms with Crippen molar-refractivity contribution < 1.29 is 13.9 Å². The fraction of sp³-hybridized carbons (Fsp3) is 0.182. The first-order valence-corrected chi connectivity index (χ1v) is 5.59. The molecule has 0 saturated heterocycles. The predicted octanol–water partition coefficient (Wildman–Crippen LogP) is 2.66. The minimum Gasteiger partial charge on any atom is -0.481 e.